The summed E-state index contributed by atoms with van der Waals surface area (Å²) < 4.78 is 14.2. The summed E-state index contributed by atoms with van der Waals surface area (Å²) in [5.41, 5.74) is 22.0. The molecule has 2 aromatic heterocycles. The highest BCUT2D eigenvalue weighted by Gasteiger charge is 2.48. The molecule has 0 radical (unpaired) electrons. The lowest BCUT2D eigenvalue weighted by Crippen LogP contribution is -2.24. The van der Waals surface area contributed by atoms with E-state index in [1.165, 1.54) is 55.6 Å². The predicted molar refractivity (Wildman–Crippen MR) is 275 cm³/mol. The van der Waals surface area contributed by atoms with Crippen molar-refractivity contribution in [3.63, 3.8) is 0 Å². The van der Waals surface area contributed by atoms with Crippen molar-refractivity contribution in [1.29, 1.82) is 0 Å². The number of benzene rings is 9. The topological polar surface area (TPSA) is 32.8 Å². The molecule has 0 amide bonds. The van der Waals surface area contributed by atoms with Crippen LogP contribution in [0.5, 0.6) is 0 Å². The third-order valence-corrected chi connectivity index (χ3v) is 14.8. The Morgan fingerprint density at radius 3 is 1.36 bits per heavy atom. The van der Waals surface area contributed by atoms with Crippen LogP contribution in [0.3, 0.4) is 0 Å². The normalized spacial score (nSPS) is 14.2. The fourth-order valence-corrected chi connectivity index (χ4v) is 11.8. The Bertz CT molecular complexity index is 3800. The molecular weight excluding hydrogens is 805 g/mol. The fourth-order valence-electron chi connectivity index (χ4n) is 11.8. The van der Waals surface area contributed by atoms with Gasteiger partial charge in [-0.2, -0.15) is 0 Å². The lowest BCUT2D eigenvalue weighted by atomic mass is 9.72. The second-order valence-electron chi connectivity index (χ2n) is 19.3. The van der Waals surface area contributed by atoms with Crippen LogP contribution in [-0.4, -0.2) is 0 Å². The van der Waals surface area contributed by atoms with E-state index in [9.17, 15) is 0 Å². The Hall–Kier alpha value is -7.82. The van der Waals surface area contributed by atoms with Crippen LogP contribution in [0.1, 0.15) is 61.1 Å². The van der Waals surface area contributed by atoms with Crippen LogP contribution in [0.15, 0.2) is 191 Å². The van der Waals surface area contributed by atoms with E-state index in [1.807, 2.05) is 0 Å². The molecule has 9 aromatic carbocycles. The fraction of sp³-hybridized carbons (Fsp3) is 0.129. The molecule has 4 nitrogen and oxygen atoms in total. The highest BCUT2D eigenvalue weighted by atomic mass is 16.3. The quantitative estimate of drug-likeness (QED) is 0.167. The minimum absolute atomic E-state index is 0.391. The van der Waals surface area contributed by atoms with Gasteiger partial charge in [-0.3, -0.25) is 0 Å². The minimum Gasteiger partial charge on any atom is -0.455 e. The number of furan rings is 2. The SMILES string of the molecule is Cc1ccccc1N(c1ccccc1)c1cc2c(c3c1oc1ccccc13)-c1ccc3c(c1C2(C)C)C(C)(C)c1cc(N(c2ccccc2)c2ccccc2C)c2c(oc4ccccc42)c1-3. The summed E-state index contributed by atoms with van der Waals surface area (Å²) in [6.45, 7) is 14.1. The number of hydrogen-bond acceptors (Lipinski definition) is 4. The van der Waals surface area contributed by atoms with Crippen molar-refractivity contribution in [3.05, 3.63) is 215 Å². The van der Waals surface area contributed by atoms with E-state index in [0.717, 1.165) is 78.0 Å². The molecule has 0 N–H and O–H groups in total. The summed E-state index contributed by atoms with van der Waals surface area (Å²) in [5.74, 6) is 0. The Morgan fingerprint density at radius 1 is 0.379 bits per heavy atom. The molecule has 0 spiro atoms. The number of aryl methyl sites for hydroxylation is 2. The molecular formula is C62H48N2O2. The molecule has 0 bridgehead atoms. The van der Waals surface area contributed by atoms with E-state index in [1.54, 1.807) is 0 Å². The van der Waals surface area contributed by atoms with E-state index >= 15 is 0 Å². The third kappa shape index (κ3) is 5.21. The van der Waals surface area contributed by atoms with Gasteiger partial charge in [-0.05, 0) is 125 Å². The molecule has 2 aliphatic carbocycles. The van der Waals surface area contributed by atoms with Crippen LogP contribution in [0.4, 0.5) is 34.1 Å². The average molecular weight is 853 g/mol. The van der Waals surface area contributed by atoms with Gasteiger partial charge in [-0.1, -0.05) is 149 Å². The Labute approximate surface area is 385 Å². The molecule has 2 aliphatic rings. The monoisotopic (exact) mass is 852 g/mol. The maximum atomic E-state index is 7.16. The van der Waals surface area contributed by atoms with Gasteiger partial charge in [-0.25, -0.2) is 0 Å². The molecule has 2 heterocycles. The maximum absolute atomic E-state index is 7.16. The number of rotatable bonds is 6. The van der Waals surface area contributed by atoms with Crippen molar-refractivity contribution in [1.82, 2.24) is 0 Å². The molecule has 11 aromatic rings. The lowest BCUT2D eigenvalue weighted by Gasteiger charge is -2.32. The van der Waals surface area contributed by atoms with Crippen LogP contribution in [0.2, 0.25) is 0 Å². The molecule has 0 atom stereocenters. The first kappa shape index (κ1) is 38.6. The number of fused-ring (bicyclic) bond motifs is 15. The van der Waals surface area contributed by atoms with Crippen LogP contribution in [0.25, 0.3) is 66.1 Å². The van der Waals surface area contributed by atoms with Crippen molar-refractivity contribution >= 4 is 78.0 Å². The smallest absolute Gasteiger partial charge is 0.160 e. The molecule has 0 saturated heterocycles. The summed E-state index contributed by atoms with van der Waals surface area (Å²) in [6.07, 6.45) is 0. The highest BCUT2D eigenvalue weighted by Crippen LogP contribution is 2.64. The second kappa shape index (κ2) is 13.8. The van der Waals surface area contributed by atoms with Crippen LogP contribution in [-0.2, 0) is 10.8 Å². The van der Waals surface area contributed by atoms with Gasteiger partial charge in [0.05, 0.1) is 16.8 Å². The van der Waals surface area contributed by atoms with Gasteiger partial charge in [0.2, 0.25) is 0 Å². The number of hydrogen-bond donors (Lipinski definition) is 0. The second-order valence-corrected chi connectivity index (χ2v) is 19.3. The molecule has 13 rings (SSSR count). The summed E-state index contributed by atoms with van der Waals surface area (Å²) in [7, 11) is 0. The highest BCUT2D eigenvalue weighted by molar-refractivity contribution is 6.21. The van der Waals surface area contributed by atoms with Crippen molar-refractivity contribution in [2.24, 2.45) is 0 Å². The summed E-state index contributed by atoms with van der Waals surface area (Å²) in [5, 5.41) is 4.52. The zero-order valence-corrected chi connectivity index (χ0v) is 38.0. The van der Waals surface area contributed by atoms with Gasteiger partial charge < -0.3 is 18.6 Å². The molecule has 0 fully saturated rings. The molecule has 0 aliphatic heterocycles. The van der Waals surface area contributed by atoms with Gasteiger partial charge in [0.25, 0.3) is 0 Å². The van der Waals surface area contributed by atoms with Gasteiger partial charge in [0.15, 0.2) is 5.58 Å². The number of para-hydroxylation sites is 6. The van der Waals surface area contributed by atoms with Crippen LogP contribution < -0.4 is 9.80 Å². The van der Waals surface area contributed by atoms with E-state index in [2.05, 4.69) is 233 Å². The molecule has 0 unspecified atom stereocenters. The molecule has 4 heteroatoms. The van der Waals surface area contributed by atoms with Crippen molar-refractivity contribution in [2.75, 3.05) is 9.80 Å². The summed E-state index contributed by atoms with van der Waals surface area (Å²) >= 11 is 0. The summed E-state index contributed by atoms with van der Waals surface area (Å²) in [6, 6.07) is 65.7. The minimum atomic E-state index is -0.400. The first-order valence-electron chi connectivity index (χ1n) is 23.1. The number of nitrogens with zero attached hydrogens (tertiary/aromatic N) is 2. The van der Waals surface area contributed by atoms with Gasteiger partial charge in [0.1, 0.15) is 16.7 Å². The summed E-state index contributed by atoms with van der Waals surface area (Å²) in [4.78, 5) is 4.84. The van der Waals surface area contributed by atoms with Crippen molar-refractivity contribution in [3.8, 4) is 22.3 Å². The van der Waals surface area contributed by atoms with Crippen molar-refractivity contribution < 1.29 is 8.83 Å². The average Bonchev–Trinajstić information content (AvgIpc) is 4.04. The van der Waals surface area contributed by atoms with E-state index < -0.39 is 10.8 Å². The number of anilines is 6. The third-order valence-electron chi connectivity index (χ3n) is 14.8. The standard InChI is InChI=1S/C62H48N2O2/c1-37-21-13-17-29-47(37)63(39-23-9-7-10-24-39)49-35-46-54(60-55(49)41-27-15-19-31-51(41)66-60)44-34-33-43-53-45(61(3,4)57(43)58(44)62(46,5)6)36-50(59-56(53)42-28-16-20-32-52(42)65-59)64(40-25-11-8-12-26-40)48-30-18-14-22-38(48)2/h7-36H,1-6H3. The molecule has 66 heavy (non-hydrogen) atoms. The Morgan fingerprint density at radius 2 is 0.803 bits per heavy atom. The first-order chi connectivity index (χ1) is 32.1. The zero-order valence-electron chi connectivity index (χ0n) is 38.0. The predicted octanol–water partition coefficient (Wildman–Crippen LogP) is 17.7. The molecule has 0 saturated carbocycles. The zero-order chi connectivity index (χ0) is 44.6. The maximum Gasteiger partial charge on any atom is 0.160 e. The van der Waals surface area contributed by atoms with Crippen LogP contribution >= 0.6 is 0 Å². The van der Waals surface area contributed by atoms with Crippen molar-refractivity contribution in [2.45, 2.75) is 52.4 Å². The van der Waals surface area contributed by atoms with Crippen LogP contribution in [0, 0.1) is 13.8 Å². The Kier molecular flexibility index (Phi) is 8.10. The van der Waals surface area contributed by atoms with Gasteiger partial charge in [0, 0.05) is 55.3 Å². The van der Waals surface area contributed by atoms with Gasteiger partial charge in [-0.15, -0.1) is 0 Å². The van der Waals surface area contributed by atoms with E-state index in [0.29, 0.717) is 0 Å². The van der Waals surface area contributed by atoms with Gasteiger partial charge >= 0.3 is 0 Å². The first-order valence-corrected chi connectivity index (χ1v) is 23.1. The molecule has 318 valence electrons. The Balaban J connectivity index is 1.11. The largest absolute Gasteiger partial charge is 0.455 e. The van der Waals surface area contributed by atoms with E-state index in [4.69, 9.17) is 8.83 Å². The lowest BCUT2D eigenvalue weighted by molar-refractivity contribution is 0.600. The van der Waals surface area contributed by atoms with E-state index in [-0.39, 0.29) is 0 Å².